The summed E-state index contributed by atoms with van der Waals surface area (Å²) in [5.41, 5.74) is 0. The zero-order valence-electron chi connectivity index (χ0n) is 6.17. The molecule has 0 aliphatic carbocycles. The maximum absolute atomic E-state index is 12.8. The van der Waals surface area contributed by atoms with E-state index in [1.807, 2.05) is 0 Å². The maximum atomic E-state index is 12.8. The van der Waals surface area contributed by atoms with Gasteiger partial charge in [0.25, 0.3) is 0 Å². The van der Waals surface area contributed by atoms with Gasteiger partial charge in [0.15, 0.2) is 12.5 Å². The molecule has 4 N–H and O–H groups in total. The Balaban J connectivity index is 2.63. The summed E-state index contributed by atoms with van der Waals surface area (Å²) in [6.45, 7) is -0.606. The predicted molar refractivity (Wildman–Crippen MR) is 34.9 cm³/mol. The third-order valence-electron chi connectivity index (χ3n) is 1.82. The average Bonchev–Trinajstić information content (AvgIpc) is 2.08. The van der Waals surface area contributed by atoms with Crippen molar-refractivity contribution in [3.05, 3.63) is 0 Å². The second kappa shape index (κ2) is 3.63. The van der Waals surface area contributed by atoms with E-state index >= 15 is 0 Å². The van der Waals surface area contributed by atoms with Gasteiger partial charge in [0.2, 0.25) is 0 Å². The topological polar surface area (TPSA) is 90.2 Å². The van der Waals surface area contributed by atoms with Gasteiger partial charge < -0.3 is 25.2 Å². The Hall–Kier alpha value is -0.270. The van der Waals surface area contributed by atoms with Crippen LogP contribution in [-0.4, -0.2) is 57.8 Å². The Bertz CT molecular complexity index is 150. The first-order valence-corrected chi connectivity index (χ1v) is 3.52. The van der Waals surface area contributed by atoms with Crippen LogP contribution in [0.25, 0.3) is 0 Å². The van der Waals surface area contributed by atoms with E-state index in [-0.39, 0.29) is 0 Å². The van der Waals surface area contributed by atoms with Gasteiger partial charge in [0, 0.05) is 0 Å². The van der Waals surface area contributed by atoms with Crippen LogP contribution in [0.2, 0.25) is 0 Å². The first-order valence-electron chi connectivity index (χ1n) is 3.52. The van der Waals surface area contributed by atoms with Crippen molar-refractivity contribution >= 4 is 0 Å². The Labute approximate surface area is 68.0 Å². The number of rotatable bonds is 1. The second-order valence-electron chi connectivity index (χ2n) is 2.67. The van der Waals surface area contributed by atoms with Crippen LogP contribution in [0.4, 0.5) is 4.39 Å². The SMILES string of the molecule is OC[C@@H]1O[C@@H](O)[C@H](O)[C@@H](F)[C@@H]1O. The highest BCUT2D eigenvalue weighted by atomic mass is 19.1. The lowest BCUT2D eigenvalue weighted by atomic mass is 10.0. The number of halogens is 1. The molecule has 6 heteroatoms. The number of alkyl halides is 1. The third-order valence-corrected chi connectivity index (χ3v) is 1.82. The zero-order valence-corrected chi connectivity index (χ0v) is 6.17. The normalized spacial score (nSPS) is 49.2. The molecule has 1 aliphatic heterocycles. The van der Waals surface area contributed by atoms with Crippen molar-refractivity contribution in [2.45, 2.75) is 30.8 Å². The molecule has 0 aromatic rings. The molecule has 1 heterocycles. The molecule has 1 aliphatic rings. The largest absolute Gasteiger partial charge is 0.394 e. The molecule has 72 valence electrons. The van der Waals surface area contributed by atoms with E-state index in [2.05, 4.69) is 4.74 Å². The van der Waals surface area contributed by atoms with Crippen LogP contribution < -0.4 is 0 Å². The molecule has 0 aromatic heterocycles. The monoisotopic (exact) mass is 182 g/mol. The van der Waals surface area contributed by atoms with E-state index in [9.17, 15) is 4.39 Å². The second-order valence-corrected chi connectivity index (χ2v) is 2.67. The molecule has 5 nitrogen and oxygen atoms in total. The number of hydrogen-bond acceptors (Lipinski definition) is 5. The van der Waals surface area contributed by atoms with Crippen LogP contribution in [0.3, 0.4) is 0 Å². The summed E-state index contributed by atoms with van der Waals surface area (Å²) in [6, 6.07) is 0. The van der Waals surface area contributed by atoms with Crippen molar-refractivity contribution < 1.29 is 29.6 Å². The lowest BCUT2D eigenvalue weighted by Crippen LogP contribution is -2.56. The molecule has 1 saturated heterocycles. The molecular formula is C6H11FO5. The van der Waals surface area contributed by atoms with Crippen molar-refractivity contribution in [1.82, 2.24) is 0 Å². The summed E-state index contributed by atoms with van der Waals surface area (Å²) in [5, 5.41) is 35.2. The number of ether oxygens (including phenoxy) is 1. The summed E-state index contributed by atoms with van der Waals surface area (Å²) in [5.74, 6) is 0. The molecule has 0 amide bonds. The molecule has 0 saturated carbocycles. The molecule has 0 unspecified atom stereocenters. The van der Waals surface area contributed by atoms with E-state index in [1.165, 1.54) is 0 Å². The fourth-order valence-corrected chi connectivity index (χ4v) is 1.06. The summed E-state index contributed by atoms with van der Waals surface area (Å²) in [4.78, 5) is 0. The Kier molecular flexibility index (Phi) is 2.97. The van der Waals surface area contributed by atoms with E-state index in [0.29, 0.717) is 0 Å². The third kappa shape index (κ3) is 1.57. The lowest BCUT2D eigenvalue weighted by Gasteiger charge is -2.36. The van der Waals surface area contributed by atoms with Crippen molar-refractivity contribution in [3.8, 4) is 0 Å². The summed E-state index contributed by atoms with van der Waals surface area (Å²) in [6.07, 6.45) is -8.24. The van der Waals surface area contributed by atoms with Crippen LogP contribution in [0, 0.1) is 0 Å². The van der Waals surface area contributed by atoms with Crippen LogP contribution >= 0.6 is 0 Å². The minimum atomic E-state index is -1.99. The quantitative estimate of drug-likeness (QED) is 0.368. The smallest absolute Gasteiger partial charge is 0.184 e. The van der Waals surface area contributed by atoms with Gasteiger partial charge in [-0.15, -0.1) is 0 Å². The molecule has 12 heavy (non-hydrogen) atoms. The van der Waals surface area contributed by atoms with E-state index in [1.54, 1.807) is 0 Å². The van der Waals surface area contributed by atoms with Gasteiger partial charge in [-0.2, -0.15) is 0 Å². The molecule has 1 rings (SSSR count). The van der Waals surface area contributed by atoms with Gasteiger partial charge in [-0.1, -0.05) is 0 Å². The van der Waals surface area contributed by atoms with Crippen LogP contribution in [0.1, 0.15) is 0 Å². The highest BCUT2D eigenvalue weighted by Crippen LogP contribution is 2.21. The molecule has 0 radical (unpaired) electrons. The van der Waals surface area contributed by atoms with Crippen molar-refractivity contribution in [2.75, 3.05) is 6.61 Å². The molecule has 0 spiro atoms. The highest BCUT2D eigenvalue weighted by molar-refractivity contribution is 4.88. The fraction of sp³-hybridized carbons (Fsp3) is 1.00. The number of aliphatic hydroxyl groups excluding tert-OH is 4. The standard InChI is InChI=1S/C6H11FO5/c7-3-4(9)2(1-8)12-6(11)5(3)10/h2-6,8-11H,1H2/t2-,3-,4+,5+,6+/m0/s1. The summed E-state index contributed by atoms with van der Waals surface area (Å²) < 4.78 is 17.3. The van der Waals surface area contributed by atoms with Gasteiger partial charge >= 0.3 is 0 Å². The molecule has 5 atom stereocenters. The molecule has 1 fully saturated rings. The van der Waals surface area contributed by atoms with Crippen molar-refractivity contribution in [3.63, 3.8) is 0 Å². The Morgan fingerprint density at radius 1 is 1.17 bits per heavy atom. The Morgan fingerprint density at radius 2 is 1.75 bits per heavy atom. The number of hydrogen-bond donors (Lipinski definition) is 4. The fourth-order valence-electron chi connectivity index (χ4n) is 1.06. The van der Waals surface area contributed by atoms with Gasteiger partial charge in [-0.05, 0) is 0 Å². The van der Waals surface area contributed by atoms with Crippen molar-refractivity contribution in [1.29, 1.82) is 0 Å². The lowest BCUT2D eigenvalue weighted by molar-refractivity contribution is -0.274. The van der Waals surface area contributed by atoms with Crippen molar-refractivity contribution in [2.24, 2.45) is 0 Å². The summed E-state index contributed by atoms with van der Waals surface area (Å²) in [7, 11) is 0. The van der Waals surface area contributed by atoms with E-state index < -0.39 is 37.4 Å². The van der Waals surface area contributed by atoms with Crippen LogP contribution in [0.5, 0.6) is 0 Å². The maximum Gasteiger partial charge on any atom is 0.184 e. The Morgan fingerprint density at radius 3 is 2.25 bits per heavy atom. The molecular weight excluding hydrogens is 171 g/mol. The van der Waals surface area contributed by atoms with Gasteiger partial charge in [0.1, 0.15) is 18.3 Å². The van der Waals surface area contributed by atoms with Crippen LogP contribution in [0.15, 0.2) is 0 Å². The van der Waals surface area contributed by atoms with E-state index in [0.717, 1.165) is 0 Å². The minimum Gasteiger partial charge on any atom is -0.394 e. The molecule has 0 aromatic carbocycles. The first kappa shape index (κ1) is 9.82. The average molecular weight is 182 g/mol. The van der Waals surface area contributed by atoms with E-state index in [4.69, 9.17) is 20.4 Å². The predicted octanol–water partition coefficient (Wildman–Crippen LogP) is -2.24. The zero-order chi connectivity index (χ0) is 9.30. The van der Waals surface area contributed by atoms with Gasteiger partial charge in [-0.25, -0.2) is 4.39 Å². The first-order chi connectivity index (χ1) is 5.57. The number of aliphatic hydroxyl groups is 4. The summed E-state index contributed by atoms with van der Waals surface area (Å²) >= 11 is 0. The van der Waals surface area contributed by atoms with Crippen LogP contribution in [-0.2, 0) is 4.74 Å². The van der Waals surface area contributed by atoms with Gasteiger partial charge in [-0.3, -0.25) is 0 Å². The molecule has 0 bridgehead atoms. The minimum absolute atomic E-state index is 0.606. The van der Waals surface area contributed by atoms with Gasteiger partial charge in [0.05, 0.1) is 6.61 Å². The highest BCUT2D eigenvalue weighted by Gasteiger charge is 2.43.